The zero-order valence-corrected chi connectivity index (χ0v) is 26.3. The van der Waals surface area contributed by atoms with E-state index in [4.69, 9.17) is 19.2 Å². The van der Waals surface area contributed by atoms with Crippen LogP contribution in [0.4, 0.5) is 19.0 Å². The van der Waals surface area contributed by atoms with E-state index in [1.807, 2.05) is 13.0 Å². The van der Waals surface area contributed by atoms with Gasteiger partial charge in [-0.1, -0.05) is 32.9 Å². The van der Waals surface area contributed by atoms with Gasteiger partial charge in [0.1, 0.15) is 0 Å². The molecule has 8 nitrogen and oxygen atoms in total. The van der Waals surface area contributed by atoms with Crippen LogP contribution in [0.2, 0.25) is 18.1 Å². The summed E-state index contributed by atoms with van der Waals surface area (Å²) in [6, 6.07) is 6.33. The van der Waals surface area contributed by atoms with Crippen LogP contribution < -0.4 is 4.90 Å². The van der Waals surface area contributed by atoms with Crippen molar-refractivity contribution in [2.45, 2.75) is 71.5 Å². The minimum absolute atomic E-state index is 0.0406. The van der Waals surface area contributed by atoms with Crippen LogP contribution >= 0.6 is 0 Å². The molecule has 1 aliphatic heterocycles. The number of H-pyrrole nitrogens is 1. The van der Waals surface area contributed by atoms with E-state index in [0.717, 1.165) is 23.1 Å². The van der Waals surface area contributed by atoms with Gasteiger partial charge in [-0.15, -0.1) is 5.10 Å². The summed E-state index contributed by atoms with van der Waals surface area (Å²) in [5, 5.41) is 5.00. The summed E-state index contributed by atoms with van der Waals surface area (Å²) in [7, 11) is -2.22. The van der Waals surface area contributed by atoms with Crippen LogP contribution in [0.15, 0.2) is 36.8 Å². The number of halogens is 3. The molecule has 1 aromatic carbocycles. The number of benzene rings is 1. The molecule has 226 valence electrons. The SMILES string of the molecule is Cc1c(Cc2c(C(C)O[Si](C)(C)C(C)(C)C)nc3c(-c4cnc[nH]4)cc(N4CCOCC4)nn23)cccc1C(F)(F)F. The second-order valence-electron chi connectivity index (χ2n) is 12.4. The van der Waals surface area contributed by atoms with Crippen molar-refractivity contribution in [2.75, 3.05) is 31.2 Å². The zero-order chi connectivity index (χ0) is 30.4. The lowest BCUT2D eigenvalue weighted by molar-refractivity contribution is -0.138. The van der Waals surface area contributed by atoms with E-state index in [1.165, 1.54) is 13.0 Å². The van der Waals surface area contributed by atoms with Gasteiger partial charge in [0.15, 0.2) is 19.8 Å². The molecule has 1 aliphatic rings. The number of aromatic amines is 1. The van der Waals surface area contributed by atoms with Gasteiger partial charge >= 0.3 is 6.18 Å². The van der Waals surface area contributed by atoms with Crippen LogP contribution in [0.3, 0.4) is 0 Å². The average molecular weight is 601 g/mol. The molecule has 0 bridgehead atoms. The third-order valence-corrected chi connectivity index (χ3v) is 13.1. The van der Waals surface area contributed by atoms with Crippen molar-refractivity contribution in [3.05, 3.63) is 64.9 Å². The molecule has 0 spiro atoms. The number of alkyl halides is 3. The molecule has 3 aromatic heterocycles. The molecule has 4 aromatic rings. The number of aromatic nitrogens is 5. The molecular weight excluding hydrogens is 561 g/mol. The second kappa shape index (κ2) is 11.1. The van der Waals surface area contributed by atoms with Crippen molar-refractivity contribution >= 4 is 19.8 Å². The standard InChI is InChI=1S/C30H39F3N6O2Si/c1-19-21(9-8-10-23(19)30(31,32)33)15-25-27(20(2)41-42(6,7)29(3,4)5)36-28-22(24-17-34-18-35-24)16-26(37-39(25)28)38-11-13-40-14-12-38/h8-10,16-18,20H,11-15H2,1-7H3,(H,34,35). The fourth-order valence-electron chi connectivity index (χ4n) is 5.15. The van der Waals surface area contributed by atoms with Crippen molar-refractivity contribution in [1.82, 2.24) is 24.6 Å². The first kappa shape index (κ1) is 30.2. The van der Waals surface area contributed by atoms with Crippen LogP contribution in [0.1, 0.15) is 61.9 Å². The molecule has 1 unspecified atom stereocenters. The third-order valence-electron chi connectivity index (χ3n) is 8.59. The van der Waals surface area contributed by atoms with E-state index in [2.05, 4.69) is 48.7 Å². The summed E-state index contributed by atoms with van der Waals surface area (Å²) in [4.78, 5) is 14.7. The Morgan fingerprint density at radius 2 is 1.86 bits per heavy atom. The highest BCUT2D eigenvalue weighted by molar-refractivity contribution is 6.74. The lowest BCUT2D eigenvalue weighted by atomic mass is 9.97. The Morgan fingerprint density at radius 3 is 2.48 bits per heavy atom. The van der Waals surface area contributed by atoms with Crippen LogP contribution in [0.5, 0.6) is 0 Å². The lowest BCUT2D eigenvalue weighted by Crippen LogP contribution is -2.41. The lowest BCUT2D eigenvalue weighted by Gasteiger charge is -2.38. The van der Waals surface area contributed by atoms with Gasteiger partial charge in [0.2, 0.25) is 0 Å². The maximum absolute atomic E-state index is 13.9. The van der Waals surface area contributed by atoms with Crippen molar-refractivity contribution < 1.29 is 22.3 Å². The van der Waals surface area contributed by atoms with Crippen molar-refractivity contribution in [3.63, 3.8) is 0 Å². The van der Waals surface area contributed by atoms with Gasteiger partial charge < -0.3 is 19.0 Å². The molecule has 42 heavy (non-hydrogen) atoms. The number of morpholine rings is 1. The van der Waals surface area contributed by atoms with E-state index in [1.54, 1.807) is 23.1 Å². The van der Waals surface area contributed by atoms with Crippen LogP contribution in [-0.2, 0) is 21.8 Å². The molecule has 0 amide bonds. The molecule has 0 aliphatic carbocycles. The number of ether oxygens (including phenoxy) is 1. The van der Waals surface area contributed by atoms with Crippen molar-refractivity contribution in [2.24, 2.45) is 0 Å². The van der Waals surface area contributed by atoms with Crippen LogP contribution in [0.25, 0.3) is 16.9 Å². The number of fused-ring (bicyclic) bond motifs is 1. The van der Waals surface area contributed by atoms with Gasteiger partial charge in [-0.05, 0) is 55.2 Å². The fraction of sp³-hybridized carbons (Fsp3) is 0.500. The number of anilines is 1. The molecule has 5 rings (SSSR count). The molecule has 1 N–H and O–H groups in total. The molecule has 1 atom stereocenters. The van der Waals surface area contributed by atoms with Gasteiger partial charge in [0.05, 0.1) is 54.5 Å². The minimum atomic E-state index is -4.45. The Labute approximate surface area is 245 Å². The van der Waals surface area contributed by atoms with Gasteiger partial charge in [0, 0.05) is 25.1 Å². The summed E-state index contributed by atoms with van der Waals surface area (Å²) >= 11 is 0. The summed E-state index contributed by atoms with van der Waals surface area (Å²) in [6.45, 7) is 16.9. The first-order valence-electron chi connectivity index (χ1n) is 14.2. The van der Waals surface area contributed by atoms with Gasteiger partial charge in [-0.3, -0.25) is 0 Å². The number of imidazole rings is 2. The smallest absolute Gasteiger partial charge is 0.409 e. The number of hydrogen-bond donors (Lipinski definition) is 1. The normalized spacial score (nSPS) is 15.9. The summed E-state index contributed by atoms with van der Waals surface area (Å²) in [6.07, 6.45) is -1.30. The molecule has 12 heteroatoms. The Hall–Kier alpha value is -3.22. The predicted molar refractivity (Wildman–Crippen MR) is 159 cm³/mol. The Morgan fingerprint density at radius 1 is 1.14 bits per heavy atom. The van der Waals surface area contributed by atoms with E-state index < -0.39 is 26.2 Å². The summed E-state index contributed by atoms with van der Waals surface area (Å²) < 4.78 is 55.7. The molecule has 0 saturated carbocycles. The molecule has 0 radical (unpaired) electrons. The predicted octanol–water partition coefficient (Wildman–Crippen LogP) is 6.96. The molecule has 4 heterocycles. The number of nitrogens with one attached hydrogen (secondary N) is 1. The van der Waals surface area contributed by atoms with Crippen molar-refractivity contribution in [3.8, 4) is 11.3 Å². The Balaban J connectivity index is 1.73. The zero-order valence-electron chi connectivity index (χ0n) is 25.3. The van der Waals surface area contributed by atoms with E-state index in [0.29, 0.717) is 48.9 Å². The highest BCUT2D eigenvalue weighted by Crippen LogP contribution is 2.41. The fourth-order valence-corrected chi connectivity index (χ4v) is 6.49. The third kappa shape index (κ3) is 5.84. The van der Waals surface area contributed by atoms with Crippen molar-refractivity contribution in [1.29, 1.82) is 0 Å². The van der Waals surface area contributed by atoms with Gasteiger partial charge in [-0.25, -0.2) is 14.5 Å². The second-order valence-corrected chi connectivity index (χ2v) is 17.2. The first-order chi connectivity index (χ1) is 19.7. The molecular formula is C30H39F3N6O2Si. The van der Waals surface area contributed by atoms with Gasteiger partial charge in [-0.2, -0.15) is 13.2 Å². The first-order valence-corrected chi connectivity index (χ1v) is 17.2. The van der Waals surface area contributed by atoms with Gasteiger partial charge in [0.25, 0.3) is 0 Å². The minimum Gasteiger partial charge on any atom is -0.409 e. The van der Waals surface area contributed by atoms with Crippen LogP contribution in [-0.4, -0.2) is 59.2 Å². The highest BCUT2D eigenvalue weighted by atomic mass is 28.4. The highest BCUT2D eigenvalue weighted by Gasteiger charge is 2.40. The topological polar surface area (TPSA) is 80.6 Å². The quantitative estimate of drug-likeness (QED) is 0.231. The Bertz CT molecular complexity index is 1550. The van der Waals surface area contributed by atoms with Crippen LogP contribution in [0, 0.1) is 6.92 Å². The van der Waals surface area contributed by atoms with E-state index in [-0.39, 0.29) is 17.0 Å². The molecule has 1 fully saturated rings. The number of nitrogens with zero attached hydrogens (tertiary/aromatic N) is 5. The maximum atomic E-state index is 13.9. The summed E-state index contributed by atoms with van der Waals surface area (Å²) in [5.74, 6) is 0.735. The number of hydrogen-bond acceptors (Lipinski definition) is 6. The monoisotopic (exact) mass is 600 g/mol. The Kier molecular flexibility index (Phi) is 8.01. The van der Waals surface area contributed by atoms with E-state index >= 15 is 0 Å². The summed E-state index contributed by atoms with van der Waals surface area (Å²) in [5.41, 5.74) is 3.66. The number of rotatable bonds is 7. The van der Waals surface area contributed by atoms with E-state index in [9.17, 15) is 13.2 Å². The molecule has 1 saturated heterocycles. The average Bonchev–Trinajstić information content (AvgIpc) is 3.57. The maximum Gasteiger partial charge on any atom is 0.416 e. The largest absolute Gasteiger partial charge is 0.416 e.